The third-order valence-corrected chi connectivity index (χ3v) is 4.14. The summed E-state index contributed by atoms with van der Waals surface area (Å²) in [6.45, 7) is 0.689. The Morgan fingerprint density at radius 3 is 2.36 bits per heavy atom. The van der Waals surface area contributed by atoms with Gasteiger partial charge in [0.25, 0.3) is 5.91 Å². The molecular weight excluding hydrogens is 314 g/mol. The lowest BCUT2D eigenvalue weighted by atomic mass is 10.0. The number of ether oxygens (including phenoxy) is 2. The van der Waals surface area contributed by atoms with Crippen LogP contribution in [0.25, 0.3) is 11.1 Å². The minimum Gasteiger partial charge on any atom is -0.454 e. The molecule has 1 N–H and O–H groups in total. The highest BCUT2D eigenvalue weighted by atomic mass is 16.7. The summed E-state index contributed by atoms with van der Waals surface area (Å²) in [5.41, 5.74) is 3.83. The molecule has 0 radical (unpaired) electrons. The molecule has 1 aliphatic rings. The van der Waals surface area contributed by atoms with Crippen LogP contribution in [0.15, 0.2) is 72.8 Å². The smallest absolute Gasteiger partial charge is 0.251 e. The van der Waals surface area contributed by atoms with Crippen molar-refractivity contribution in [1.29, 1.82) is 0 Å². The number of fused-ring (bicyclic) bond motifs is 1. The van der Waals surface area contributed by atoms with Gasteiger partial charge in [0.05, 0.1) is 0 Å². The fraction of sp³-hybridized carbons (Fsp3) is 0.0952. The number of hydrogen-bond donors (Lipinski definition) is 1. The van der Waals surface area contributed by atoms with Crippen LogP contribution in [0.1, 0.15) is 15.9 Å². The minimum atomic E-state index is -0.0997. The summed E-state index contributed by atoms with van der Waals surface area (Å²) >= 11 is 0. The number of carbonyl (C=O) groups excluding carboxylic acids is 1. The van der Waals surface area contributed by atoms with E-state index >= 15 is 0 Å². The zero-order valence-electron chi connectivity index (χ0n) is 13.6. The molecular formula is C21H17NO3. The maximum absolute atomic E-state index is 12.3. The van der Waals surface area contributed by atoms with Crippen molar-refractivity contribution in [3.05, 3.63) is 83.9 Å². The van der Waals surface area contributed by atoms with E-state index in [9.17, 15) is 4.79 Å². The Morgan fingerprint density at radius 2 is 1.56 bits per heavy atom. The van der Waals surface area contributed by atoms with Gasteiger partial charge in [0.1, 0.15) is 0 Å². The van der Waals surface area contributed by atoms with E-state index in [4.69, 9.17) is 9.47 Å². The van der Waals surface area contributed by atoms with Crippen LogP contribution in [0.3, 0.4) is 0 Å². The van der Waals surface area contributed by atoms with Crippen molar-refractivity contribution in [1.82, 2.24) is 5.32 Å². The normalized spacial score (nSPS) is 12.0. The molecule has 4 rings (SSSR count). The number of benzene rings is 3. The molecule has 4 heteroatoms. The average molecular weight is 331 g/mol. The fourth-order valence-corrected chi connectivity index (χ4v) is 2.78. The maximum Gasteiger partial charge on any atom is 0.251 e. The summed E-state index contributed by atoms with van der Waals surface area (Å²) in [5.74, 6) is 1.36. The van der Waals surface area contributed by atoms with Crippen LogP contribution < -0.4 is 14.8 Å². The SMILES string of the molecule is O=C(NCc1ccc2c(c1)OCO2)c1ccc(-c2ccccc2)cc1. The van der Waals surface area contributed by atoms with Crippen LogP contribution in [0.5, 0.6) is 11.5 Å². The van der Waals surface area contributed by atoms with Gasteiger partial charge >= 0.3 is 0 Å². The van der Waals surface area contributed by atoms with Gasteiger partial charge in [-0.15, -0.1) is 0 Å². The monoisotopic (exact) mass is 331 g/mol. The van der Waals surface area contributed by atoms with Crippen molar-refractivity contribution in [3.63, 3.8) is 0 Å². The van der Waals surface area contributed by atoms with Gasteiger partial charge in [0.2, 0.25) is 6.79 Å². The molecule has 25 heavy (non-hydrogen) atoms. The van der Waals surface area contributed by atoms with Crippen molar-refractivity contribution in [2.75, 3.05) is 6.79 Å². The molecule has 3 aromatic carbocycles. The first-order valence-corrected chi connectivity index (χ1v) is 8.12. The second-order valence-corrected chi connectivity index (χ2v) is 5.81. The molecule has 0 fully saturated rings. The van der Waals surface area contributed by atoms with Crippen LogP contribution in [0.2, 0.25) is 0 Å². The van der Waals surface area contributed by atoms with Crippen molar-refractivity contribution in [2.45, 2.75) is 6.54 Å². The van der Waals surface area contributed by atoms with Gasteiger partial charge in [-0.05, 0) is 41.0 Å². The van der Waals surface area contributed by atoms with E-state index in [1.807, 2.05) is 60.7 Å². The van der Waals surface area contributed by atoms with Crippen molar-refractivity contribution in [3.8, 4) is 22.6 Å². The molecule has 1 heterocycles. The second-order valence-electron chi connectivity index (χ2n) is 5.81. The van der Waals surface area contributed by atoms with Gasteiger partial charge in [-0.1, -0.05) is 48.5 Å². The summed E-state index contributed by atoms with van der Waals surface area (Å²) in [6, 6.07) is 23.4. The third kappa shape index (κ3) is 3.33. The molecule has 0 bridgehead atoms. The van der Waals surface area contributed by atoms with E-state index < -0.39 is 0 Å². The summed E-state index contributed by atoms with van der Waals surface area (Å²) in [6.07, 6.45) is 0. The molecule has 0 saturated heterocycles. The highest BCUT2D eigenvalue weighted by molar-refractivity contribution is 5.94. The van der Waals surface area contributed by atoms with Crippen LogP contribution >= 0.6 is 0 Å². The number of hydrogen-bond acceptors (Lipinski definition) is 3. The van der Waals surface area contributed by atoms with E-state index in [0.29, 0.717) is 12.1 Å². The third-order valence-electron chi connectivity index (χ3n) is 4.14. The molecule has 0 aromatic heterocycles. The predicted octanol–water partition coefficient (Wildman–Crippen LogP) is 4.01. The Bertz CT molecular complexity index is 889. The van der Waals surface area contributed by atoms with Crippen LogP contribution in [0, 0.1) is 0 Å². The molecule has 1 aliphatic heterocycles. The van der Waals surface area contributed by atoms with E-state index in [-0.39, 0.29) is 12.7 Å². The van der Waals surface area contributed by atoms with Crippen molar-refractivity contribution >= 4 is 5.91 Å². The summed E-state index contributed by atoms with van der Waals surface area (Å²) in [5, 5.41) is 2.93. The van der Waals surface area contributed by atoms with Crippen molar-refractivity contribution in [2.24, 2.45) is 0 Å². The molecule has 3 aromatic rings. The molecule has 0 unspecified atom stereocenters. The number of nitrogens with one attached hydrogen (secondary N) is 1. The van der Waals surface area contributed by atoms with Gasteiger partial charge < -0.3 is 14.8 Å². The maximum atomic E-state index is 12.3. The van der Waals surface area contributed by atoms with E-state index in [1.165, 1.54) is 0 Å². The molecule has 124 valence electrons. The number of amides is 1. The second kappa shape index (κ2) is 6.69. The quantitative estimate of drug-likeness (QED) is 0.786. The van der Waals surface area contributed by atoms with Crippen LogP contribution in [-0.4, -0.2) is 12.7 Å². The van der Waals surface area contributed by atoms with E-state index in [1.54, 1.807) is 0 Å². The average Bonchev–Trinajstić information content (AvgIpc) is 3.15. The Morgan fingerprint density at radius 1 is 0.840 bits per heavy atom. The molecule has 0 aliphatic carbocycles. The standard InChI is InChI=1S/C21H17NO3/c23-21(22-13-15-6-11-19-20(12-15)25-14-24-19)18-9-7-17(8-10-18)16-4-2-1-3-5-16/h1-12H,13-14H2,(H,22,23). The Labute approximate surface area is 146 Å². The lowest BCUT2D eigenvalue weighted by molar-refractivity contribution is 0.0951. The van der Waals surface area contributed by atoms with Gasteiger partial charge in [0, 0.05) is 12.1 Å². The molecule has 0 saturated carbocycles. The molecule has 4 nitrogen and oxygen atoms in total. The van der Waals surface area contributed by atoms with Gasteiger partial charge in [-0.3, -0.25) is 4.79 Å². The zero-order chi connectivity index (χ0) is 17.1. The largest absolute Gasteiger partial charge is 0.454 e. The van der Waals surface area contributed by atoms with Crippen LogP contribution in [0.4, 0.5) is 0 Å². The lowest BCUT2D eigenvalue weighted by Crippen LogP contribution is -2.22. The number of carbonyl (C=O) groups is 1. The first-order chi connectivity index (χ1) is 12.3. The highest BCUT2D eigenvalue weighted by Gasteiger charge is 2.13. The van der Waals surface area contributed by atoms with Gasteiger partial charge in [-0.25, -0.2) is 0 Å². The Balaban J connectivity index is 1.41. The topological polar surface area (TPSA) is 47.6 Å². The summed E-state index contributed by atoms with van der Waals surface area (Å²) < 4.78 is 10.6. The summed E-state index contributed by atoms with van der Waals surface area (Å²) in [7, 11) is 0. The Kier molecular flexibility index (Phi) is 4.09. The minimum absolute atomic E-state index is 0.0997. The van der Waals surface area contributed by atoms with Gasteiger partial charge in [0.15, 0.2) is 11.5 Å². The molecule has 0 spiro atoms. The first-order valence-electron chi connectivity index (χ1n) is 8.12. The van der Waals surface area contributed by atoms with E-state index in [0.717, 1.165) is 28.2 Å². The lowest BCUT2D eigenvalue weighted by Gasteiger charge is -2.07. The molecule has 0 atom stereocenters. The van der Waals surface area contributed by atoms with Crippen molar-refractivity contribution < 1.29 is 14.3 Å². The van der Waals surface area contributed by atoms with Crippen LogP contribution in [-0.2, 0) is 6.54 Å². The first kappa shape index (κ1) is 15.3. The fourth-order valence-electron chi connectivity index (χ4n) is 2.78. The van der Waals surface area contributed by atoms with Gasteiger partial charge in [-0.2, -0.15) is 0 Å². The zero-order valence-corrected chi connectivity index (χ0v) is 13.6. The summed E-state index contributed by atoms with van der Waals surface area (Å²) in [4.78, 5) is 12.3. The highest BCUT2D eigenvalue weighted by Crippen LogP contribution is 2.32. The molecule has 1 amide bonds. The predicted molar refractivity (Wildman–Crippen MR) is 95.6 cm³/mol. The van der Waals surface area contributed by atoms with E-state index in [2.05, 4.69) is 17.4 Å². The number of rotatable bonds is 4. The Hall–Kier alpha value is -3.27.